The van der Waals surface area contributed by atoms with Crippen molar-refractivity contribution in [3.05, 3.63) is 48.0 Å². The molecule has 2 aromatic rings. The van der Waals surface area contributed by atoms with E-state index in [1.807, 2.05) is 12.1 Å². The molecule has 24 heavy (non-hydrogen) atoms. The van der Waals surface area contributed by atoms with Gasteiger partial charge >= 0.3 is 0 Å². The molecule has 0 bridgehead atoms. The van der Waals surface area contributed by atoms with E-state index in [1.165, 1.54) is 0 Å². The molecule has 0 aliphatic carbocycles. The molecule has 1 heterocycles. The Morgan fingerprint density at radius 3 is 2.50 bits per heavy atom. The molecule has 0 aromatic heterocycles. The van der Waals surface area contributed by atoms with Crippen molar-refractivity contribution in [2.45, 2.75) is 0 Å². The van der Waals surface area contributed by atoms with Crippen LogP contribution in [-0.4, -0.2) is 39.3 Å². The third kappa shape index (κ3) is 3.60. The van der Waals surface area contributed by atoms with Crippen LogP contribution in [0.15, 0.2) is 42.5 Å². The minimum Gasteiger partial charge on any atom is -0.497 e. The number of rotatable bonds is 4. The molecule has 1 aliphatic heterocycles. The van der Waals surface area contributed by atoms with Crippen molar-refractivity contribution in [2.24, 2.45) is 0 Å². The predicted octanol–water partition coefficient (Wildman–Crippen LogP) is 2.37. The molecule has 0 saturated carbocycles. The van der Waals surface area contributed by atoms with Gasteiger partial charge in [-0.1, -0.05) is 0 Å². The second kappa shape index (κ2) is 7.23. The molecule has 1 fully saturated rings. The number of nitrogens with two attached hydrogens (primary N) is 1. The SMILES string of the molecule is COc1ccc(C(=O)Nc2ccc(N3CCOCC3)c(N)c2)cc1. The second-order valence-corrected chi connectivity index (χ2v) is 5.56. The van der Waals surface area contributed by atoms with Gasteiger partial charge in [-0.15, -0.1) is 0 Å². The smallest absolute Gasteiger partial charge is 0.255 e. The summed E-state index contributed by atoms with van der Waals surface area (Å²) in [5.41, 5.74) is 9.00. The van der Waals surface area contributed by atoms with E-state index in [0.29, 0.717) is 35.9 Å². The Balaban J connectivity index is 1.70. The Labute approximate surface area is 141 Å². The van der Waals surface area contributed by atoms with Gasteiger partial charge in [0, 0.05) is 24.3 Å². The van der Waals surface area contributed by atoms with Gasteiger partial charge in [0.1, 0.15) is 5.75 Å². The van der Waals surface area contributed by atoms with Crippen LogP contribution in [0.2, 0.25) is 0 Å². The highest BCUT2D eigenvalue weighted by atomic mass is 16.5. The summed E-state index contributed by atoms with van der Waals surface area (Å²) in [5.74, 6) is 0.529. The summed E-state index contributed by atoms with van der Waals surface area (Å²) in [4.78, 5) is 14.5. The van der Waals surface area contributed by atoms with E-state index in [-0.39, 0.29) is 5.91 Å². The molecule has 6 nitrogen and oxygen atoms in total. The highest BCUT2D eigenvalue weighted by molar-refractivity contribution is 6.04. The predicted molar refractivity (Wildman–Crippen MR) is 94.8 cm³/mol. The number of nitrogens with zero attached hydrogens (tertiary/aromatic N) is 1. The lowest BCUT2D eigenvalue weighted by molar-refractivity contribution is 0.102. The first kappa shape index (κ1) is 16.1. The molecular weight excluding hydrogens is 306 g/mol. The van der Waals surface area contributed by atoms with Gasteiger partial charge < -0.3 is 25.4 Å². The van der Waals surface area contributed by atoms with E-state index in [2.05, 4.69) is 10.2 Å². The molecule has 6 heteroatoms. The third-order valence-corrected chi connectivity index (χ3v) is 3.99. The van der Waals surface area contributed by atoms with Crippen LogP contribution in [0, 0.1) is 0 Å². The Hall–Kier alpha value is -2.73. The number of ether oxygens (including phenoxy) is 2. The van der Waals surface area contributed by atoms with Crippen LogP contribution < -0.4 is 20.7 Å². The van der Waals surface area contributed by atoms with E-state index < -0.39 is 0 Å². The van der Waals surface area contributed by atoms with Gasteiger partial charge in [-0.05, 0) is 42.5 Å². The Bertz CT molecular complexity index is 710. The summed E-state index contributed by atoms with van der Waals surface area (Å²) >= 11 is 0. The Morgan fingerprint density at radius 1 is 1.17 bits per heavy atom. The number of carbonyl (C=O) groups excluding carboxylic acids is 1. The maximum Gasteiger partial charge on any atom is 0.255 e. The maximum absolute atomic E-state index is 12.3. The number of nitrogen functional groups attached to an aromatic ring is 1. The van der Waals surface area contributed by atoms with Crippen molar-refractivity contribution >= 4 is 23.0 Å². The number of benzene rings is 2. The largest absolute Gasteiger partial charge is 0.497 e. The summed E-state index contributed by atoms with van der Waals surface area (Å²) < 4.78 is 10.4. The molecule has 3 N–H and O–H groups in total. The minimum absolute atomic E-state index is 0.184. The van der Waals surface area contributed by atoms with Crippen molar-refractivity contribution in [1.29, 1.82) is 0 Å². The highest BCUT2D eigenvalue weighted by Gasteiger charge is 2.14. The van der Waals surface area contributed by atoms with Crippen LogP contribution in [-0.2, 0) is 4.74 Å². The molecule has 126 valence electrons. The number of hydrogen-bond acceptors (Lipinski definition) is 5. The van der Waals surface area contributed by atoms with Crippen molar-refractivity contribution in [3.63, 3.8) is 0 Å². The van der Waals surface area contributed by atoms with Crippen LogP contribution in [0.3, 0.4) is 0 Å². The lowest BCUT2D eigenvalue weighted by atomic mass is 10.1. The van der Waals surface area contributed by atoms with Gasteiger partial charge in [0.05, 0.1) is 31.7 Å². The Morgan fingerprint density at radius 2 is 1.88 bits per heavy atom. The van der Waals surface area contributed by atoms with E-state index in [1.54, 1.807) is 37.4 Å². The number of morpholine rings is 1. The standard InChI is InChI=1S/C18H21N3O3/c1-23-15-5-2-13(3-6-15)18(22)20-14-4-7-17(16(19)12-14)21-8-10-24-11-9-21/h2-7,12H,8-11,19H2,1H3,(H,20,22). The van der Waals surface area contributed by atoms with Crippen LogP contribution in [0.4, 0.5) is 17.1 Å². The topological polar surface area (TPSA) is 76.8 Å². The number of carbonyl (C=O) groups is 1. The van der Waals surface area contributed by atoms with Crippen molar-refractivity contribution in [2.75, 3.05) is 49.4 Å². The second-order valence-electron chi connectivity index (χ2n) is 5.56. The molecule has 0 unspecified atom stereocenters. The first-order valence-electron chi connectivity index (χ1n) is 7.85. The van der Waals surface area contributed by atoms with Crippen LogP contribution >= 0.6 is 0 Å². The van der Waals surface area contributed by atoms with Crippen molar-refractivity contribution < 1.29 is 14.3 Å². The van der Waals surface area contributed by atoms with Gasteiger partial charge in [0.2, 0.25) is 0 Å². The molecule has 2 aromatic carbocycles. The molecule has 1 saturated heterocycles. The highest BCUT2D eigenvalue weighted by Crippen LogP contribution is 2.27. The van der Waals surface area contributed by atoms with Gasteiger partial charge in [-0.3, -0.25) is 4.79 Å². The first-order valence-corrected chi connectivity index (χ1v) is 7.85. The Kier molecular flexibility index (Phi) is 4.86. The summed E-state index contributed by atoms with van der Waals surface area (Å²) in [6.45, 7) is 3.05. The van der Waals surface area contributed by atoms with E-state index in [0.717, 1.165) is 18.8 Å². The lowest BCUT2D eigenvalue weighted by Crippen LogP contribution is -2.36. The molecule has 3 rings (SSSR count). The lowest BCUT2D eigenvalue weighted by Gasteiger charge is -2.30. The number of amides is 1. The number of methoxy groups -OCH3 is 1. The van der Waals surface area contributed by atoms with Crippen LogP contribution in [0.1, 0.15) is 10.4 Å². The van der Waals surface area contributed by atoms with E-state index >= 15 is 0 Å². The first-order chi connectivity index (χ1) is 11.7. The minimum atomic E-state index is -0.184. The molecule has 0 spiro atoms. The zero-order chi connectivity index (χ0) is 16.9. The molecule has 1 aliphatic rings. The molecule has 0 radical (unpaired) electrons. The number of hydrogen-bond donors (Lipinski definition) is 2. The normalized spacial score (nSPS) is 14.3. The summed E-state index contributed by atoms with van der Waals surface area (Å²) in [7, 11) is 1.59. The average molecular weight is 327 g/mol. The number of anilines is 3. The fourth-order valence-electron chi connectivity index (χ4n) is 2.67. The summed E-state index contributed by atoms with van der Waals surface area (Å²) in [6.07, 6.45) is 0. The average Bonchev–Trinajstić information content (AvgIpc) is 2.62. The molecule has 1 amide bonds. The van der Waals surface area contributed by atoms with Gasteiger partial charge in [0.15, 0.2) is 0 Å². The van der Waals surface area contributed by atoms with Gasteiger partial charge in [-0.25, -0.2) is 0 Å². The van der Waals surface area contributed by atoms with Crippen LogP contribution in [0.5, 0.6) is 5.75 Å². The van der Waals surface area contributed by atoms with E-state index in [4.69, 9.17) is 15.2 Å². The van der Waals surface area contributed by atoms with Crippen molar-refractivity contribution in [3.8, 4) is 5.75 Å². The zero-order valence-corrected chi connectivity index (χ0v) is 13.6. The number of nitrogens with one attached hydrogen (secondary N) is 1. The fraction of sp³-hybridized carbons (Fsp3) is 0.278. The monoisotopic (exact) mass is 327 g/mol. The van der Waals surface area contributed by atoms with E-state index in [9.17, 15) is 4.79 Å². The summed E-state index contributed by atoms with van der Waals surface area (Å²) in [5, 5.41) is 2.86. The maximum atomic E-state index is 12.3. The van der Waals surface area contributed by atoms with Gasteiger partial charge in [0.25, 0.3) is 5.91 Å². The molecule has 0 atom stereocenters. The third-order valence-electron chi connectivity index (χ3n) is 3.99. The quantitative estimate of drug-likeness (QED) is 0.843. The fourth-order valence-corrected chi connectivity index (χ4v) is 2.67. The zero-order valence-electron chi connectivity index (χ0n) is 13.6. The van der Waals surface area contributed by atoms with Gasteiger partial charge in [-0.2, -0.15) is 0 Å². The van der Waals surface area contributed by atoms with Crippen LogP contribution in [0.25, 0.3) is 0 Å². The molecular formula is C18H21N3O3. The summed E-state index contributed by atoms with van der Waals surface area (Å²) in [6, 6.07) is 12.5. The van der Waals surface area contributed by atoms with Crippen molar-refractivity contribution in [1.82, 2.24) is 0 Å².